The van der Waals surface area contributed by atoms with Crippen LogP contribution in [0.15, 0.2) is 72.1 Å². The first-order valence-corrected chi connectivity index (χ1v) is 13.5. The van der Waals surface area contributed by atoms with Crippen molar-refractivity contribution in [1.29, 1.82) is 0 Å². The fourth-order valence-electron chi connectivity index (χ4n) is 3.78. The molecule has 208 valence electrons. The first-order valence-electron chi connectivity index (χ1n) is 12.6. The Bertz CT molecular complexity index is 1460. The van der Waals surface area contributed by atoms with E-state index in [1.165, 1.54) is 16.9 Å². The molecule has 1 aromatic heterocycles. The molecule has 40 heavy (non-hydrogen) atoms. The Labute approximate surface area is 237 Å². The summed E-state index contributed by atoms with van der Waals surface area (Å²) in [5.74, 6) is 0.895. The molecule has 8 nitrogen and oxygen atoms in total. The number of benzene rings is 3. The van der Waals surface area contributed by atoms with Gasteiger partial charge in [0.2, 0.25) is 0 Å². The molecular formula is C31H32N2O6S. The molecule has 0 bridgehead atoms. The number of ether oxygens (including phenoxy) is 4. The number of rotatable bonds is 10. The quantitative estimate of drug-likeness (QED) is 0.221. The molecule has 0 saturated carbocycles. The van der Waals surface area contributed by atoms with Crippen LogP contribution in [0.4, 0.5) is 5.13 Å². The Morgan fingerprint density at radius 3 is 2.25 bits per heavy atom. The zero-order valence-electron chi connectivity index (χ0n) is 23.1. The number of nitrogens with one attached hydrogen (secondary N) is 1. The molecule has 0 fully saturated rings. The molecule has 0 radical (unpaired) electrons. The zero-order valence-corrected chi connectivity index (χ0v) is 24.0. The average molecular weight is 561 g/mol. The van der Waals surface area contributed by atoms with Crippen molar-refractivity contribution in [1.82, 2.24) is 4.98 Å². The Hall–Kier alpha value is -4.37. The van der Waals surface area contributed by atoms with E-state index in [4.69, 9.17) is 18.9 Å². The maximum absolute atomic E-state index is 12.4. The highest BCUT2D eigenvalue weighted by Crippen LogP contribution is 2.33. The van der Waals surface area contributed by atoms with Gasteiger partial charge in [0.05, 0.1) is 25.5 Å². The zero-order chi connectivity index (χ0) is 28.7. The van der Waals surface area contributed by atoms with Crippen LogP contribution in [-0.2, 0) is 21.6 Å². The van der Waals surface area contributed by atoms with Crippen LogP contribution in [0.5, 0.6) is 17.2 Å². The van der Waals surface area contributed by atoms with Gasteiger partial charge < -0.3 is 18.9 Å². The highest BCUT2D eigenvalue weighted by atomic mass is 32.1. The fraction of sp³-hybridized carbons (Fsp3) is 0.258. The molecule has 0 atom stereocenters. The third-order valence-corrected chi connectivity index (χ3v) is 6.84. The summed E-state index contributed by atoms with van der Waals surface area (Å²) in [6.45, 7) is 6.44. The molecule has 4 rings (SSSR count). The second-order valence-electron chi connectivity index (χ2n) is 9.99. The first kappa shape index (κ1) is 28.6. The maximum atomic E-state index is 12.4. The van der Waals surface area contributed by atoms with E-state index in [-0.39, 0.29) is 5.41 Å². The molecule has 0 aliphatic carbocycles. The lowest BCUT2D eigenvalue weighted by Gasteiger charge is -2.19. The van der Waals surface area contributed by atoms with Crippen LogP contribution < -0.4 is 19.5 Å². The number of esters is 1. The van der Waals surface area contributed by atoms with Crippen LogP contribution >= 0.6 is 11.3 Å². The van der Waals surface area contributed by atoms with Gasteiger partial charge in [0.15, 0.2) is 23.2 Å². The van der Waals surface area contributed by atoms with E-state index in [0.717, 1.165) is 16.9 Å². The van der Waals surface area contributed by atoms with Gasteiger partial charge in [-0.05, 0) is 59.0 Å². The highest BCUT2D eigenvalue weighted by Gasteiger charge is 2.15. The number of carbonyl (C=O) groups excluding carboxylic acids is 2. The van der Waals surface area contributed by atoms with Crippen molar-refractivity contribution in [3.05, 3.63) is 88.8 Å². The molecular weight excluding hydrogens is 528 g/mol. The maximum Gasteiger partial charge on any atom is 0.338 e. The minimum atomic E-state index is -0.592. The molecule has 0 saturated heterocycles. The number of aromatic nitrogens is 1. The SMILES string of the molecule is COc1ccc(-c2csc(NC(=O)COC(=O)c3ccc(COc4ccc(C(C)(C)C)cc4)cc3)n2)cc1OC. The predicted molar refractivity (Wildman–Crippen MR) is 155 cm³/mol. The van der Waals surface area contributed by atoms with E-state index in [9.17, 15) is 9.59 Å². The largest absolute Gasteiger partial charge is 0.493 e. The summed E-state index contributed by atoms with van der Waals surface area (Å²) in [7, 11) is 3.13. The normalized spacial score (nSPS) is 11.0. The molecule has 1 amide bonds. The summed E-state index contributed by atoms with van der Waals surface area (Å²) in [4.78, 5) is 29.2. The molecule has 1 heterocycles. The number of amides is 1. The molecule has 0 aliphatic rings. The lowest BCUT2D eigenvalue weighted by Crippen LogP contribution is -2.20. The van der Waals surface area contributed by atoms with Crippen LogP contribution in [0.25, 0.3) is 11.3 Å². The minimum absolute atomic E-state index is 0.0843. The van der Waals surface area contributed by atoms with Crippen molar-refractivity contribution in [3.8, 4) is 28.5 Å². The van der Waals surface area contributed by atoms with Crippen LogP contribution in [0, 0.1) is 0 Å². The van der Waals surface area contributed by atoms with Gasteiger partial charge in [-0.2, -0.15) is 0 Å². The van der Waals surface area contributed by atoms with Crippen LogP contribution in [0.1, 0.15) is 42.3 Å². The number of carbonyl (C=O) groups is 2. The van der Waals surface area contributed by atoms with Gasteiger partial charge in [0.1, 0.15) is 12.4 Å². The Morgan fingerprint density at radius 2 is 1.60 bits per heavy atom. The van der Waals surface area contributed by atoms with Crippen LogP contribution in [-0.4, -0.2) is 37.7 Å². The van der Waals surface area contributed by atoms with Crippen LogP contribution in [0.2, 0.25) is 0 Å². The van der Waals surface area contributed by atoms with Gasteiger partial charge in [-0.1, -0.05) is 45.0 Å². The van der Waals surface area contributed by atoms with Gasteiger partial charge in [-0.25, -0.2) is 9.78 Å². The minimum Gasteiger partial charge on any atom is -0.493 e. The number of anilines is 1. The van der Waals surface area contributed by atoms with Crippen molar-refractivity contribution in [2.24, 2.45) is 0 Å². The number of methoxy groups -OCH3 is 2. The van der Waals surface area contributed by atoms with Crippen molar-refractivity contribution >= 4 is 28.3 Å². The Morgan fingerprint density at radius 1 is 0.900 bits per heavy atom. The van der Waals surface area contributed by atoms with Crippen molar-refractivity contribution in [3.63, 3.8) is 0 Å². The van der Waals surface area contributed by atoms with Gasteiger partial charge in [-0.3, -0.25) is 10.1 Å². The smallest absolute Gasteiger partial charge is 0.338 e. The van der Waals surface area contributed by atoms with Crippen molar-refractivity contribution in [2.45, 2.75) is 32.8 Å². The Balaban J connectivity index is 1.25. The van der Waals surface area contributed by atoms with E-state index < -0.39 is 18.5 Å². The Kier molecular flexibility index (Phi) is 9.06. The van der Waals surface area contributed by atoms with Crippen molar-refractivity contribution < 1.29 is 28.5 Å². The van der Waals surface area contributed by atoms with Gasteiger partial charge >= 0.3 is 5.97 Å². The molecule has 0 aliphatic heterocycles. The predicted octanol–water partition coefficient (Wildman–Crippen LogP) is 6.50. The van der Waals surface area contributed by atoms with Crippen molar-refractivity contribution in [2.75, 3.05) is 26.1 Å². The van der Waals surface area contributed by atoms with E-state index in [2.05, 4.69) is 43.2 Å². The van der Waals surface area contributed by atoms with E-state index in [1.807, 2.05) is 29.6 Å². The fourth-order valence-corrected chi connectivity index (χ4v) is 4.52. The molecule has 0 unspecified atom stereocenters. The van der Waals surface area contributed by atoms with E-state index in [0.29, 0.717) is 34.5 Å². The number of thiazole rings is 1. The lowest BCUT2D eigenvalue weighted by molar-refractivity contribution is -0.119. The third-order valence-electron chi connectivity index (χ3n) is 6.08. The topological polar surface area (TPSA) is 96.0 Å². The summed E-state index contributed by atoms with van der Waals surface area (Å²) in [6, 6.07) is 20.4. The number of nitrogens with zero attached hydrogens (tertiary/aromatic N) is 1. The van der Waals surface area contributed by atoms with Crippen LogP contribution in [0.3, 0.4) is 0 Å². The first-order chi connectivity index (χ1) is 19.2. The molecule has 0 spiro atoms. The summed E-state index contributed by atoms with van der Waals surface area (Å²) in [6.07, 6.45) is 0. The molecule has 4 aromatic rings. The van der Waals surface area contributed by atoms with Gasteiger partial charge in [0.25, 0.3) is 5.91 Å². The number of hydrogen-bond acceptors (Lipinski definition) is 8. The highest BCUT2D eigenvalue weighted by molar-refractivity contribution is 7.14. The average Bonchev–Trinajstić information content (AvgIpc) is 3.42. The molecule has 1 N–H and O–H groups in total. The lowest BCUT2D eigenvalue weighted by atomic mass is 9.87. The standard InChI is InChI=1S/C31H32N2O6S/c1-31(2,3)23-11-13-24(14-12-23)38-17-20-6-8-21(9-7-20)29(35)39-18-28(34)33-30-32-25(19-40-30)22-10-15-26(36-4)27(16-22)37-5/h6-16,19H,17-18H2,1-5H3,(H,32,33,34). The van der Waals surface area contributed by atoms with Gasteiger partial charge in [0, 0.05) is 10.9 Å². The third kappa shape index (κ3) is 7.39. The second kappa shape index (κ2) is 12.7. The summed E-state index contributed by atoms with van der Waals surface area (Å²) < 4.78 is 21.6. The summed E-state index contributed by atoms with van der Waals surface area (Å²) in [5.41, 5.74) is 4.06. The summed E-state index contributed by atoms with van der Waals surface area (Å²) >= 11 is 1.27. The van der Waals surface area contributed by atoms with Gasteiger partial charge in [-0.15, -0.1) is 11.3 Å². The van der Waals surface area contributed by atoms with E-state index >= 15 is 0 Å². The number of hydrogen-bond donors (Lipinski definition) is 1. The molecule has 3 aromatic carbocycles. The van der Waals surface area contributed by atoms with E-state index in [1.54, 1.807) is 44.6 Å². The summed E-state index contributed by atoms with van der Waals surface area (Å²) in [5, 5.41) is 4.87. The monoisotopic (exact) mass is 560 g/mol. The molecule has 9 heteroatoms. The second-order valence-corrected chi connectivity index (χ2v) is 10.9.